The number of thiazole rings is 1. The van der Waals surface area contributed by atoms with Gasteiger partial charge in [-0.2, -0.15) is 0 Å². The molecule has 1 amide bonds. The highest BCUT2D eigenvalue weighted by Gasteiger charge is 2.21. The van der Waals surface area contributed by atoms with Crippen molar-refractivity contribution in [3.05, 3.63) is 50.4 Å². The molecule has 0 saturated carbocycles. The summed E-state index contributed by atoms with van der Waals surface area (Å²) in [5.74, 6) is -1.30. The molecule has 0 spiro atoms. The third kappa shape index (κ3) is 4.05. The molecule has 1 atom stereocenters. The van der Waals surface area contributed by atoms with Crippen LogP contribution in [0.1, 0.15) is 38.4 Å². The van der Waals surface area contributed by atoms with E-state index in [9.17, 15) is 9.59 Å². The number of rotatable bonds is 5. The second-order valence-corrected chi connectivity index (χ2v) is 6.46. The lowest BCUT2D eigenvalue weighted by atomic mass is 10.0. The molecule has 2 rings (SSSR count). The Morgan fingerprint density at radius 3 is 2.45 bits per heavy atom. The number of amides is 1. The van der Waals surface area contributed by atoms with E-state index in [1.54, 1.807) is 31.2 Å². The van der Waals surface area contributed by atoms with Gasteiger partial charge in [-0.25, -0.2) is 4.98 Å². The van der Waals surface area contributed by atoms with Crippen molar-refractivity contribution in [2.24, 2.45) is 0 Å². The van der Waals surface area contributed by atoms with Crippen molar-refractivity contribution in [3.63, 3.8) is 0 Å². The van der Waals surface area contributed by atoms with Gasteiger partial charge in [-0.15, -0.1) is 11.3 Å². The molecule has 0 saturated heterocycles. The lowest BCUT2D eigenvalue weighted by Gasteiger charge is -2.17. The maximum atomic E-state index is 12.4. The van der Waals surface area contributed by atoms with E-state index in [0.717, 1.165) is 5.01 Å². The zero-order valence-electron chi connectivity index (χ0n) is 12.1. The number of carbonyl (C=O) groups excluding carboxylic acids is 1. The first kappa shape index (κ1) is 16.5. The topological polar surface area (TPSA) is 79.3 Å². The molecule has 1 aromatic heterocycles. The molecular weight excluding hydrogens is 324 g/mol. The average molecular weight is 339 g/mol. The van der Waals surface area contributed by atoms with Crippen LogP contribution in [0.4, 0.5) is 0 Å². The molecule has 0 aliphatic heterocycles. The summed E-state index contributed by atoms with van der Waals surface area (Å²) in [4.78, 5) is 28.1. The zero-order valence-corrected chi connectivity index (χ0v) is 13.7. The van der Waals surface area contributed by atoms with E-state index < -0.39 is 12.0 Å². The summed E-state index contributed by atoms with van der Waals surface area (Å²) >= 11 is 7.13. The number of carboxylic acid groups (broad SMARTS) is 1. The van der Waals surface area contributed by atoms with Crippen LogP contribution in [0, 0.1) is 13.8 Å². The predicted octanol–water partition coefficient (Wildman–Crippen LogP) is 3.36. The fraction of sp³-hybridized carbons (Fsp3) is 0.267. The number of carbonyl (C=O) groups is 2. The summed E-state index contributed by atoms with van der Waals surface area (Å²) < 4.78 is 0. The molecule has 0 radical (unpaired) electrons. The molecule has 0 fully saturated rings. The Morgan fingerprint density at radius 2 is 1.95 bits per heavy atom. The minimum absolute atomic E-state index is 0.204. The molecule has 5 nitrogen and oxygen atoms in total. The van der Waals surface area contributed by atoms with Crippen LogP contribution in [0.25, 0.3) is 0 Å². The van der Waals surface area contributed by atoms with Crippen LogP contribution in [0.2, 0.25) is 5.02 Å². The normalized spacial score (nSPS) is 12.0. The Hall–Kier alpha value is -1.92. The van der Waals surface area contributed by atoms with Crippen LogP contribution in [-0.2, 0) is 4.79 Å². The summed E-state index contributed by atoms with van der Waals surface area (Å²) in [6, 6.07) is 6.13. The van der Waals surface area contributed by atoms with E-state index in [1.165, 1.54) is 11.3 Å². The van der Waals surface area contributed by atoms with E-state index in [0.29, 0.717) is 21.2 Å². The number of hydrogen-bond donors (Lipinski definition) is 2. The van der Waals surface area contributed by atoms with Crippen molar-refractivity contribution in [1.82, 2.24) is 10.3 Å². The van der Waals surface area contributed by atoms with Gasteiger partial charge in [0.25, 0.3) is 5.91 Å². The van der Waals surface area contributed by atoms with Crippen molar-refractivity contribution in [1.29, 1.82) is 0 Å². The van der Waals surface area contributed by atoms with Gasteiger partial charge in [0.15, 0.2) is 0 Å². The van der Waals surface area contributed by atoms with E-state index in [2.05, 4.69) is 10.3 Å². The van der Waals surface area contributed by atoms with Crippen LogP contribution < -0.4 is 5.32 Å². The minimum Gasteiger partial charge on any atom is -0.481 e. The maximum absolute atomic E-state index is 12.4. The van der Waals surface area contributed by atoms with Gasteiger partial charge in [-0.05, 0) is 31.5 Å². The third-order valence-corrected chi connectivity index (χ3v) is 4.39. The Labute approximate surface area is 137 Å². The highest BCUT2D eigenvalue weighted by molar-refractivity contribution is 7.13. The fourth-order valence-corrected chi connectivity index (χ4v) is 3.04. The Balaban J connectivity index is 2.23. The lowest BCUT2D eigenvalue weighted by Crippen LogP contribution is -2.30. The largest absolute Gasteiger partial charge is 0.481 e. The van der Waals surface area contributed by atoms with Gasteiger partial charge in [-0.3, -0.25) is 9.59 Å². The maximum Gasteiger partial charge on any atom is 0.305 e. The van der Waals surface area contributed by atoms with Crippen LogP contribution >= 0.6 is 22.9 Å². The number of aromatic nitrogens is 1. The summed E-state index contributed by atoms with van der Waals surface area (Å²) in [7, 11) is 0. The first-order valence-electron chi connectivity index (χ1n) is 6.59. The average Bonchev–Trinajstić information content (AvgIpc) is 2.77. The van der Waals surface area contributed by atoms with Crippen molar-refractivity contribution in [2.45, 2.75) is 26.3 Å². The van der Waals surface area contributed by atoms with Gasteiger partial charge >= 0.3 is 5.97 Å². The molecule has 0 bridgehead atoms. The molecule has 116 valence electrons. The Bertz CT molecular complexity index is 697. The number of nitrogens with zero attached hydrogens (tertiary/aromatic N) is 1. The van der Waals surface area contributed by atoms with E-state index >= 15 is 0 Å². The van der Waals surface area contributed by atoms with Gasteiger partial charge in [0.2, 0.25) is 0 Å². The molecule has 0 aliphatic rings. The quantitative estimate of drug-likeness (QED) is 0.876. The SMILES string of the molecule is Cc1nc(C)c(C(=O)N[C@@H](CC(=O)O)c2ccc(Cl)cc2)s1. The molecule has 1 heterocycles. The lowest BCUT2D eigenvalue weighted by molar-refractivity contribution is -0.137. The van der Waals surface area contributed by atoms with E-state index in [4.69, 9.17) is 16.7 Å². The number of benzene rings is 1. The summed E-state index contributed by atoms with van der Waals surface area (Å²) in [6.07, 6.45) is -0.204. The predicted molar refractivity (Wildman–Crippen MR) is 85.5 cm³/mol. The Kier molecular flexibility index (Phi) is 5.15. The number of carboxylic acids is 1. The van der Waals surface area contributed by atoms with Gasteiger partial charge in [0.05, 0.1) is 23.2 Å². The van der Waals surface area contributed by atoms with Crippen LogP contribution in [0.3, 0.4) is 0 Å². The summed E-state index contributed by atoms with van der Waals surface area (Å²) in [5, 5.41) is 13.2. The molecule has 22 heavy (non-hydrogen) atoms. The van der Waals surface area contributed by atoms with Crippen molar-refractivity contribution >= 4 is 34.8 Å². The van der Waals surface area contributed by atoms with Gasteiger partial charge in [0, 0.05) is 5.02 Å². The highest BCUT2D eigenvalue weighted by atomic mass is 35.5. The monoisotopic (exact) mass is 338 g/mol. The van der Waals surface area contributed by atoms with E-state index in [-0.39, 0.29) is 12.3 Å². The third-order valence-electron chi connectivity index (χ3n) is 3.07. The van der Waals surface area contributed by atoms with Gasteiger partial charge in [0.1, 0.15) is 4.88 Å². The number of nitrogens with one attached hydrogen (secondary N) is 1. The Morgan fingerprint density at radius 1 is 1.32 bits per heavy atom. The minimum atomic E-state index is -0.988. The van der Waals surface area contributed by atoms with Crippen LogP contribution in [-0.4, -0.2) is 22.0 Å². The molecule has 0 aliphatic carbocycles. The number of halogens is 1. The number of aliphatic carboxylic acids is 1. The molecule has 0 unspecified atom stereocenters. The number of aryl methyl sites for hydroxylation is 2. The molecule has 1 aromatic carbocycles. The first-order valence-corrected chi connectivity index (χ1v) is 7.78. The van der Waals surface area contributed by atoms with Crippen LogP contribution in [0.15, 0.2) is 24.3 Å². The second kappa shape index (κ2) is 6.89. The highest BCUT2D eigenvalue weighted by Crippen LogP contribution is 2.22. The number of hydrogen-bond acceptors (Lipinski definition) is 4. The van der Waals surface area contributed by atoms with E-state index in [1.807, 2.05) is 6.92 Å². The standard InChI is InChI=1S/C15H15ClN2O3S/c1-8-14(22-9(2)17-8)15(21)18-12(7-13(19)20)10-3-5-11(16)6-4-10/h3-6,12H,7H2,1-2H3,(H,18,21)(H,19,20)/t12-/m0/s1. The van der Waals surface area contributed by atoms with Crippen molar-refractivity contribution in [2.75, 3.05) is 0 Å². The van der Waals surface area contributed by atoms with Gasteiger partial charge in [-0.1, -0.05) is 23.7 Å². The first-order chi connectivity index (χ1) is 10.4. The molecular formula is C15H15ClN2O3S. The van der Waals surface area contributed by atoms with Crippen molar-refractivity contribution < 1.29 is 14.7 Å². The second-order valence-electron chi connectivity index (χ2n) is 4.82. The van der Waals surface area contributed by atoms with Crippen LogP contribution in [0.5, 0.6) is 0 Å². The fourth-order valence-electron chi connectivity index (χ4n) is 2.09. The molecule has 2 aromatic rings. The van der Waals surface area contributed by atoms with Gasteiger partial charge < -0.3 is 10.4 Å². The summed E-state index contributed by atoms with van der Waals surface area (Å²) in [5.41, 5.74) is 1.34. The summed E-state index contributed by atoms with van der Waals surface area (Å²) in [6.45, 7) is 3.58. The zero-order chi connectivity index (χ0) is 16.3. The smallest absolute Gasteiger partial charge is 0.305 e. The molecule has 2 N–H and O–H groups in total. The van der Waals surface area contributed by atoms with Crippen molar-refractivity contribution in [3.8, 4) is 0 Å². The molecule has 7 heteroatoms.